The van der Waals surface area contributed by atoms with Crippen LogP contribution >= 0.6 is 8.60 Å². The Kier molecular flexibility index (Phi) is 16.5. The smallest absolute Gasteiger partial charge is 0.394 e. The summed E-state index contributed by atoms with van der Waals surface area (Å²) < 4.78 is 11.2. The first-order valence-corrected chi connectivity index (χ1v) is 13.1. The van der Waals surface area contributed by atoms with Gasteiger partial charge >= 0.3 is 8.60 Å². The van der Waals surface area contributed by atoms with Crippen LogP contribution in [0.1, 0.15) is 110 Å². The highest BCUT2D eigenvalue weighted by Crippen LogP contribution is 2.37. The maximum atomic E-state index is 10.1. The largest absolute Gasteiger partial charge is 0.427 e. The Bertz CT molecular complexity index is 493. The van der Waals surface area contributed by atoms with Crippen LogP contribution < -0.4 is 4.52 Å². The lowest BCUT2D eigenvalue weighted by atomic mass is 10.0. The molecule has 0 bridgehead atoms. The molecule has 1 N–H and O–H groups in total. The summed E-state index contributed by atoms with van der Waals surface area (Å²) in [4.78, 5) is 10.1. The van der Waals surface area contributed by atoms with E-state index in [1.807, 2.05) is 18.2 Å². The molecule has 0 saturated heterocycles. The molecule has 1 aromatic rings. The number of hydrogen-bond acceptors (Lipinski definition) is 3. The maximum absolute atomic E-state index is 10.1. The minimum Gasteiger partial charge on any atom is -0.427 e. The van der Waals surface area contributed by atoms with E-state index in [2.05, 4.69) is 26.8 Å². The number of rotatable bonds is 19. The van der Waals surface area contributed by atoms with Crippen molar-refractivity contribution >= 4 is 8.60 Å². The van der Waals surface area contributed by atoms with Crippen LogP contribution in [0.25, 0.3) is 0 Å². The summed E-state index contributed by atoms with van der Waals surface area (Å²) in [5, 5.41) is 0. The Hall–Kier alpha value is -0.630. The van der Waals surface area contributed by atoms with Gasteiger partial charge in [-0.3, -0.25) is 0 Å². The Morgan fingerprint density at radius 2 is 1.45 bits per heavy atom. The van der Waals surface area contributed by atoms with Crippen LogP contribution in [-0.2, 0) is 10.9 Å². The minimum atomic E-state index is -1.84. The second kappa shape index (κ2) is 18.2. The molecular formula is C25H45O3P. The second-order valence-electron chi connectivity index (χ2n) is 8.59. The molecule has 0 aliphatic rings. The van der Waals surface area contributed by atoms with Crippen molar-refractivity contribution in [3.05, 3.63) is 29.8 Å². The van der Waals surface area contributed by atoms with E-state index in [0.29, 0.717) is 6.61 Å². The molecular weight excluding hydrogens is 379 g/mol. The number of benzene rings is 1. The van der Waals surface area contributed by atoms with E-state index < -0.39 is 8.60 Å². The summed E-state index contributed by atoms with van der Waals surface area (Å²) >= 11 is 0. The highest BCUT2D eigenvalue weighted by Gasteiger charge is 2.12. The van der Waals surface area contributed by atoms with Gasteiger partial charge in [0.15, 0.2) is 0 Å². The molecule has 0 radical (unpaired) electrons. The predicted octanol–water partition coefficient (Wildman–Crippen LogP) is 8.59. The molecule has 1 rings (SSSR count). The Labute approximate surface area is 181 Å². The molecule has 1 unspecified atom stereocenters. The first-order chi connectivity index (χ1) is 14.1. The lowest BCUT2D eigenvalue weighted by Gasteiger charge is -2.15. The second-order valence-corrected chi connectivity index (χ2v) is 9.51. The Balaban J connectivity index is 2.15. The summed E-state index contributed by atoms with van der Waals surface area (Å²) in [5.74, 6) is 1.59. The van der Waals surface area contributed by atoms with E-state index in [4.69, 9.17) is 9.05 Å². The average Bonchev–Trinajstić information content (AvgIpc) is 2.70. The van der Waals surface area contributed by atoms with Crippen molar-refractivity contribution in [2.75, 3.05) is 6.61 Å². The van der Waals surface area contributed by atoms with Crippen molar-refractivity contribution in [2.24, 2.45) is 5.92 Å². The summed E-state index contributed by atoms with van der Waals surface area (Å²) in [6.45, 7) is 7.40. The molecule has 0 spiro atoms. The molecule has 0 aromatic heterocycles. The molecule has 0 amide bonds. The van der Waals surface area contributed by atoms with Crippen molar-refractivity contribution in [3.63, 3.8) is 0 Å². The zero-order valence-electron chi connectivity index (χ0n) is 19.2. The normalized spacial score (nSPS) is 12.4. The summed E-state index contributed by atoms with van der Waals surface area (Å²) in [5.41, 5.74) is 1.18. The molecule has 0 aliphatic carbocycles. The quantitative estimate of drug-likeness (QED) is 0.178. The third kappa shape index (κ3) is 14.9. The number of hydrogen-bond donors (Lipinski definition) is 1. The third-order valence-electron chi connectivity index (χ3n) is 5.33. The number of para-hydroxylation sites is 1. The Morgan fingerprint density at radius 1 is 0.828 bits per heavy atom. The first-order valence-electron chi connectivity index (χ1n) is 12.0. The van der Waals surface area contributed by atoms with Gasteiger partial charge in [-0.2, -0.15) is 0 Å². The topological polar surface area (TPSA) is 38.7 Å². The van der Waals surface area contributed by atoms with Gasteiger partial charge in [0.1, 0.15) is 5.75 Å². The van der Waals surface area contributed by atoms with Gasteiger partial charge in [0.2, 0.25) is 0 Å². The molecule has 0 fully saturated rings. The van der Waals surface area contributed by atoms with E-state index in [9.17, 15) is 4.89 Å². The highest BCUT2D eigenvalue weighted by atomic mass is 31.2. The van der Waals surface area contributed by atoms with Crippen LogP contribution in [0.2, 0.25) is 0 Å². The predicted molar refractivity (Wildman–Crippen MR) is 126 cm³/mol. The molecule has 0 heterocycles. The molecule has 0 saturated carbocycles. The van der Waals surface area contributed by atoms with Crippen molar-refractivity contribution < 1.29 is 13.9 Å². The third-order valence-corrected chi connectivity index (χ3v) is 6.08. The molecule has 1 aromatic carbocycles. The molecule has 168 valence electrons. The van der Waals surface area contributed by atoms with Gasteiger partial charge in [0.25, 0.3) is 0 Å². The monoisotopic (exact) mass is 424 g/mol. The van der Waals surface area contributed by atoms with Crippen molar-refractivity contribution in [1.82, 2.24) is 0 Å². The fourth-order valence-corrected chi connectivity index (χ4v) is 4.19. The van der Waals surface area contributed by atoms with Gasteiger partial charge in [-0.25, -0.2) is 0 Å². The van der Waals surface area contributed by atoms with Crippen LogP contribution in [0.5, 0.6) is 5.75 Å². The van der Waals surface area contributed by atoms with Crippen LogP contribution in [0.4, 0.5) is 0 Å². The van der Waals surface area contributed by atoms with E-state index in [0.717, 1.165) is 30.9 Å². The summed E-state index contributed by atoms with van der Waals surface area (Å²) in [6.07, 6.45) is 17.5. The fraction of sp³-hybridized carbons (Fsp3) is 0.760. The van der Waals surface area contributed by atoms with Crippen molar-refractivity contribution in [3.8, 4) is 5.75 Å². The SMILES string of the molecule is CCCCCCCCCc1ccccc1OP(O)OCCCCCCCC(C)C. The van der Waals surface area contributed by atoms with Gasteiger partial charge in [0, 0.05) is 0 Å². The highest BCUT2D eigenvalue weighted by molar-refractivity contribution is 7.41. The van der Waals surface area contributed by atoms with Crippen molar-refractivity contribution in [1.29, 1.82) is 0 Å². The van der Waals surface area contributed by atoms with Crippen LogP contribution in [0.3, 0.4) is 0 Å². The summed E-state index contributed by atoms with van der Waals surface area (Å²) in [7, 11) is -1.84. The first kappa shape index (κ1) is 26.4. The zero-order chi connectivity index (χ0) is 21.2. The van der Waals surface area contributed by atoms with E-state index in [1.165, 1.54) is 76.2 Å². The molecule has 29 heavy (non-hydrogen) atoms. The standard InChI is InChI=1S/C25H45O3P/c1-4-5-6-7-8-11-14-19-24-20-15-16-21-25(24)28-29(26)27-22-17-12-9-10-13-18-23(2)3/h15-16,20-21,23,26H,4-14,17-19,22H2,1-3H3. The lowest BCUT2D eigenvalue weighted by Crippen LogP contribution is -1.98. The maximum Gasteiger partial charge on any atom is 0.394 e. The van der Waals surface area contributed by atoms with Gasteiger partial charge in [-0.05, 0) is 36.8 Å². The van der Waals surface area contributed by atoms with Crippen LogP contribution in [0.15, 0.2) is 24.3 Å². The molecule has 4 heteroatoms. The van der Waals surface area contributed by atoms with E-state index in [1.54, 1.807) is 0 Å². The lowest BCUT2D eigenvalue weighted by molar-refractivity contribution is 0.252. The number of aryl methyl sites for hydroxylation is 1. The van der Waals surface area contributed by atoms with Gasteiger partial charge in [0.05, 0.1) is 6.61 Å². The van der Waals surface area contributed by atoms with Crippen LogP contribution in [-0.4, -0.2) is 11.5 Å². The van der Waals surface area contributed by atoms with Crippen molar-refractivity contribution in [2.45, 2.75) is 111 Å². The van der Waals surface area contributed by atoms with Gasteiger partial charge in [-0.1, -0.05) is 110 Å². The average molecular weight is 425 g/mol. The molecule has 0 aliphatic heterocycles. The Morgan fingerprint density at radius 3 is 2.17 bits per heavy atom. The molecule has 1 atom stereocenters. The number of unbranched alkanes of at least 4 members (excludes halogenated alkanes) is 10. The fourth-order valence-electron chi connectivity index (χ4n) is 3.51. The molecule has 3 nitrogen and oxygen atoms in total. The van der Waals surface area contributed by atoms with E-state index in [-0.39, 0.29) is 0 Å². The van der Waals surface area contributed by atoms with Gasteiger partial charge in [-0.15, -0.1) is 0 Å². The van der Waals surface area contributed by atoms with Gasteiger partial charge < -0.3 is 13.9 Å². The van der Waals surface area contributed by atoms with E-state index >= 15 is 0 Å². The van der Waals surface area contributed by atoms with Crippen LogP contribution in [0, 0.1) is 5.92 Å². The minimum absolute atomic E-state index is 0.576. The summed E-state index contributed by atoms with van der Waals surface area (Å²) in [6, 6.07) is 8.06. The zero-order valence-corrected chi connectivity index (χ0v) is 20.1.